The van der Waals surface area contributed by atoms with E-state index in [0.717, 1.165) is 0 Å². The first kappa shape index (κ1) is 19.0. The van der Waals surface area contributed by atoms with E-state index in [9.17, 15) is 14.5 Å². The number of rotatable bonds is 6. The van der Waals surface area contributed by atoms with Crippen LogP contribution in [0.4, 0.5) is 4.39 Å². The van der Waals surface area contributed by atoms with Gasteiger partial charge in [0.05, 0.1) is 30.5 Å². The SMILES string of the molecule is NC1C(F)=C(NCCCn2ccnc2)C2=C3C1C(=O)C(C(=O)N=O)=CN3CCO2. The summed E-state index contributed by atoms with van der Waals surface area (Å²) in [5, 5.41) is 5.35. The highest BCUT2D eigenvalue weighted by atomic mass is 19.1. The van der Waals surface area contributed by atoms with Gasteiger partial charge in [-0.15, -0.1) is 4.91 Å². The van der Waals surface area contributed by atoms with Crippen molar-refractivity contribution in [3.05, 3.63) is 58.4 Å². The Morgan fingerprint density at radius 1 is 1.48 bits per heavy atom. The summed E-state index contributed by atoms with van der Waals surface area (Å²) in [6.07, 6.45) is 7.18. The molecule has 1 amide bonds. The van der Waals surface area contributed by atoms with Crippen LogP contribution in [0.5, 0.6) is 0 Å². The smallest absolute Gasteiger partial charge is 0.321 e. The van der Waals surface area contributed by atoms with Crippen molar-refractivity contribution in [1.82, 2.24) is 19.8 Å². The standard InChI is InChI=1S/C18H19FN6O4/c19-12-13(20)11-15-17(14(12)22-2-1-4-24-5-3-21-9-24)29-7-6-25(15)8-10(16(11)26)18(27)23-28/h3,5,8-9,11,13,22H,1-2,4,6-7,20H2. The predicted molar refractivity (Wildman–Crippen MR) is 98.0 cm³/mol. The lowest BCUT2D eigenvalue weighted by atomic mass is 9.79. The van der Waals surface area contributed by atoms with E-state index in [1.807, 2.05) is 10.8 Å². The molecule has 0 radical (unpaired) electrons. The lowest BCUT2D eigenvalue weighted by molar-refractivity contribution is -0.124. The monoisotopic (exact) mass is 402 g/mol. The van der Waals surface area contributed by atoms with Crippen molar-refractivity contribution in [3.63, 3.8) is 0 Å². The molecule has 2 aliphatic heterocycles. The maximum atomic E-state index is 15.1. The number of aryl methyl sites for hydroxylation is 1. The molecule has 1 aromatic rings. The van der Waals surface area contributed by atoms with E-state index < -0.39 is 35.1 Å². The molecule has 3 aliphatic rings. The average molecular weight is 402 g/mol. The zero-order valence-electron chi connectivity index (χ0n) is 15.4. The Morgan fingerprint density at radius 3 is 3.03 bits per heavy atom. The molecule has 3 heterocycles. The molecule has 0 fully saturated rings. The van der Waals surface area contributed by atoms with Gasteiger partial charge in [-0.25, -0.2) is 9.37 Å². The van der Waals surface area contributed by atoms with Crippen molar-refractivity contribution in [2.75, 3.05) is 19.7 Å². The van der Waals surface area contributed by atoms with Gasteiger partial charge in [0.15, 0.2) is 11.5 Å². The Morgan fingerprint density at radius 2 is 2.31 bits per heavy atom. The Balaban J connectivity index is 1.60. The summed E-state index contributed by atoms with van der Waals surface area (Å²) in [4.78, 5) is 40.7. The van der Waals surface area contributed by atoms with E-state index in [1.54, 1.807) is 17.4 Å². The van der Waals surface area contributed by atoms with Crippen LogP contribution >= 0.6 is 0 Å². The first-order valence-electron chi connectivity index (χ1n) is 9.15. The van der Waals surface area contributed by atoms with Crippen molar-refractivity contribution >= 4 is 11.7 Å². The number of amides is 1. The molecule has 0 spiro atoms. The van der Waals surface area contributed by atoms with Crippen LogP contribution in [-0.2, 0) is 20.9 Å². The summed E-state index contributed by atoms with van der Waals surface area (Å²) >= 11 is 0. The van der Waals surface area contributed by atoms with Crippen LogP contribution in [0.3, 0.4) is 0 Å². The summed E-state index contributed by atoms with van der Waals surface area (Å²) < 4.78 is 22.7. The first-order valence-corrected chi connectivity index (χ1v) is 9.15. The number of nitroso groups, excluding NO2 is 1. The Bertz CT molecular complexity index is 952. The molecule has 0 aromatic carbocycles. The van der Waals surface area contributed by atoms with Crippen LogP contribution in [0.25, 0.3) is 0 Å². The lowest BCUT2D eigenvalue weighted by Gasteiger charge is -2.43. The number of ketones is 1. The van der Waals surface area contributed by atoms with Gasteiger partial charge in [-0.1, -0.05) is 0 Å². The zero-order valence-corrected chi connectivity index (χ0v) is 15.4. The second-order valence-corrected chi connectivity index (χ2v) is 6.87. The van der Waals surface area contributed by atoms with Gasteiger partial charge in [0, 0.05) is 36.9 Å². The molecular formula is C18H19FN6O4. The molecule has 152 valence electrons. The number of hydrogen-bond acceptors (Lipinski definition) is 8. The number of ether oxygens (including phenoxy) is 1. The topological polar surface area (TPSA) is 132 Å². The largest absolute Gasteiger partial charge is 0.488 e. The van der Waals surface area contributed by atoms with Crippen LogP contribution in [-0.4, -0.2) is 51.9 Å². The maximum Gasteiger partial charge on any atom is 0.321 e. The number of hydrogen-bond donors (Lipinski definition) is 2. The van der Waals surface area contributed by atoms with Crippen LogP contribution in [0, 0.1) is 10.8 Å². The zero-order chi connectivity index (χ0) is 20.5. The summed E-state index contributed by atoms with van der Waals surface area (Å²) in [6.45, 7) is 1.69. The molecule has 4 rings (SSSR count). The summed E-state index contributed by atoms with van der Waals surface area (Å²) in [7, 11) is 0. The van der Waals surface area contributed by atoms with Gasteiger partial charge in [0.1, 0.15) is 23.7 Å². The third-order valence-electron chi connectivity index (χ3n) is 5.13. The highest BCUT2D eigenvalue weighted by Crippen LogP contribution is 2.42. The van der Waals surface area contributed by atoms with Crippen LogP contribution < -0.4 is 11.1 Å². The summed E-state index contributed by atoms with van der Waals surface area (Å²) in [6, 6.07) is -1.30. The van der Waals surface area contributed by atoms with Gasteiger partial charge in [-0.05, 0) is 6.42 Å². The molecule has 29 heavy (non-hydrogen) atoms. The minimum absolute atomic E-state index is 0.114. The van der Waals surface area contributed by atoms with E-state index in [4.69, 9.17) is 10.5 Å². The van der Waals surface area contributed by atoms with E-state index >= 15 is 4.39 Å². The fourth-order valence-corrected chi connectivity index (χ4v) is 3.76. The molecule has 3 N–H and O–H groups in total. The predicted octanol–water partition coefficient (Wildman–Crippen LogP) is 0.304. The van der Waals surface area contributed by atoms with Crippen molar-refractivity contribution in [2.45, 2.75) is 19.0 Å². The quantitative estimate of drug-likeness (QED) is 0.395. The van der Waals surface area contributed by atoms with Crippen LogP contribution in [0.2, 0.25) is 0 Å². The Hall–Kier alpha value is -3.34. The van der Waals surface area contributed by atoms with Gasteiger partial charge in [-0.2, -0.15) is 0 Å². The Labute approximate surface area is 164 Å². The van der Waals surface area contributed by atoms with Gasteiger partial charge < -0.3 is 25.3 Å². The highest BCUT2D eigenvalue weighted by molar-refractivity contribution is 6.21. The average Bonchev–Trinajstić information content (AvgIpc) is 3.24. The van der Waals surface area contributed by atoms with E-state index in [-0.39, 0.29) is 18.1 Å². The summed E-state index contributed by atoms with van der Waals surface area (Å²) in [5.74, 6) is -3.59. The molecule has 0 bridgehead atoms. The van der Waals surface area contributed by atoms with E-state index in [2.05, 4.69) is 15.5 Å². The van der Waals surface area contributed by atoms with Crippen molar-refractivity contribution < 1.29 is 18.7 Å². The number of nitrogens with one attached hydrogen (secondary N) is 1. The minimum Gasteiger partial charge on any atom is -0.488 e. The second-order valence-electron chi connectivity index (χ2n) is 6.87. The number of aromatic nitrogens is 2. The van der Waals surface area contributed by atoms with Gasteiger partial charge in [0.2, 0.25) is 0 Å². The molecule has 0 saturated carbocycles. The van der Waals surface area contributed by atoms with Crippen LogP contribution in [0.1, 0.15) is 6.42 Å². The molecule has 2 unspecified atom stereocenters. The fourth-order valence-electron chi connectivity index (χ4n) is 3.76. The number of imidazole rings is 1. The minimum atomic E-state index is -1.30. The molecule has 1 aromatic heterocycles. The Kier molecular flexibility index (Phi) is 4.97. The number of carbonyl (C=O) groups is 2. The number of Topliss-reactive ketones (excluding diaryl/α,β-unsaturated/α-hetero) is 1. The maximum absolute atomic E-state index is 15.1. The third-order valence-corrected chi connectivity index (χ3v) is 5.13. The number of carbonyl (C=O) groups excluding carboxylic acids is 2. The second kappa shape index (κ2) is 7.59. The number of halogens is 1. The van der Waals surface area contributed by atoms with Crippen molar-refractivity contribution in [1.29, 1.82) is 0 Å². The highest BCUT2D eigenvalue weighted by Gasteiger charge is 2.49. The molecule has 11 heteroatoms. The number of nitrogens with zero attached hydrogens (tertiary/aromatic N) is 4. The lowest BCUT2D eigenvalue weighted by Crippen LogP contribution is -2.52. The third kappa shape index (κ3) is 3.23. The normalized spacial score (nSPS) is 23.4. The first-order chi connectivity index (χ1) is 14.0. The van der Waals surface area contributed by atoms with Gasteiger partial charge in [0.25, 0.3) is 0 Å². The summed E-state index contributed by atoms with van der Waals surface area (Å²) in [5.41, 5.74) is 6.15. The van der Waals surface area contributed by atoms with Crippen LogP contribution in [0.15, 0.2) is 58.7 Å². The van der Waals surface area contributed by atoms with Crippen molar-refractivity contribution in [2.24, 2.45) is 16.8 Å². The number of nitrogens with two attached hydrogens (primary N) is 1. The van der Waals surface area contributed by atoms with E-state index in [1.165, 1.54) is 6.20 Å². The molecule has 0 saturated heterocycles. The molecule has 1 aliphatic carbocycles. The van der Waals surface area contributed by atoms with Gasteiger partial charge in [-0.3, -0.25) is 9.59 Å². The van der Waals surface area contributed by atoms with Crippen molar-refractivity contribution in [3.8, 4) is 0 Å². The molecule has 2 atom stereocenters. The van der Waals surface area contributed by atoms with E-state index in [0.29, 0.717) is 31.8 Å². The fraction of sp³-hybridized carbons (Fsp3) is 0.389. The van der Waals surface area contributed by atoms with Gasteiger partial charge >= 0.3 is 5.91 Å². The molecular weight excluding hydrogens is 383 g/mol. The molecule has 10 nitrogen and oxygen atoms in total.